The molecule has 0 spiro atoms. The molecule has 2 aromatic carbocycles. The minimum absolute atomic E-state index is 0. The van der Waals surface area contributed by atoms with Gasteiger partial charge in [-0.2, -0.15) is 0 Å². The molecule has 0 N–H and O–H groups in total. The quantitative estimate of drug-likeness (QED) is 0.208. The van der Waals surface area contributed by atoms with E-state index in [-0.39, 0.29) is 24.8 Å². The van der Waals surface area contributed by atoms with Gasteiger partial charge in [-0.05, 0) is 0 Å². The van der Waals surface area contributed by atoms with Crippen LogP contribution in [0.5, 0.6) is 0 Å². The van der Waals surface area contributed by atoms with E-state index in [9.17, 15) is 0 Å². The van der Waals surface area contributed by atoms with Crippen LogP contribution in [-0.2, 0) is 29.1 Å². The van der Waals surface area contributed by atoms with Crippen LogP contribution in [0.4, 0.5) is 0 Å². The molecule has 1 saturated heterocycles. The van der Waals surface area contributed by atoms with E-state index in [1.807, 2.05) is 0 Å². The van der Waals surface area contributed by atoms with Crippen LogP contribution in [-0.4, -0.2) is 16.6 Å². The second-order valence-corrected chi connectivity index (χ2v) is 32.7. The van der Waals surface area contributed by atoms with E-state index in [1.165, 1.54) is 68.7 Å². The first-order valence-corrected chi connectivity index (χ1v) is 27.2. The van der Waals surface area contributed by atoms with Crippen molar-refractivity contribution in [2.45, 2.75) is 93.3 Å². The van der Waals surface area contributed by atoms with Crippen molar-refractivity contribution in [1.82, 2.24) is 0 Å². The topological polar surface area (TPSA) is 18.5 Å². The maximum atomic E-state index is 7.16. The average molecular weight is 683 g/mol. The molecule has 1 heterocycles. The molecule has 2 nitrogen and oxygen atoms in total. The molecule has 0 saturated carbocycles. The third-order valence-corrected chi connectivity index (χ3v) is 26.1. The number of unbranched alkanes of at least 4 members (excludes halogenated alkanes) is 2. The molecular weight excluding hydrogens is 635 g/mol. The van der Waals surface area contributed by atoms with Gasteiger partial charge in [0.05, 0.1) is 0 Å². The predicted octanol–water partition coefficient (Wildman–Crippen LogP) is 11.1. The standard InChI is InChI=1S/2C15H21OSi.C2H4.2ClH.Zr/c2*1-4-5-10-17(2,3)16-15-11-13-8-6-7-9-14(13)12-15;1-2;;;/h2*6-9,11-12H,4-5,10H2,1-3H3;1-2H2;2*1H;. The van der Waals surface area contributed by atoms with Crippen LogP contribution in [0.2, 0.25) is 46.5 Å². The summed E-state index contributed by atoms with van der Waals surface area (Å²) >= 11 is -2.82. The molecule has 0 amide bonds. The second-order valence-electron chi connectivity index (χ2n) is 12.9. The number of halogens is 2. The van der Waals surface area contributed by atoms with Crippen molar-refractivity contribution in [3.05, 3.63) is 82.3 Å². The van der Waals surface area contributed by atoms with Gasteiger partial charge in [-0.25, -0.2) is 0 Å². The SMILES string of the molecule is CCCC[Si](C)(C)OC1=Cc2ccccc2[CH]1[Zr]1([CH]2C(O[Si](C)(C)CCCC)=Cc3ccccc32)[CH2][CH2]1.Cl.Cl. The third-order valence-electron chi connectivity index (χ3n) is 8.81. The van der Waals surface area contributed by atoms with Crippen molar-refractivity contribution in [1.29, 1.82) is 0 Å². The summed E-state index contributed by atoms with van der Waals surface area (Å²) in [4.78, 5) is 0. The Labute approximate surface area is 256 Å². The Balaban J connectivity index is 0.00000210. The number of hydrogen-bond donors (Lipinski definition) is 0. The minimum Gasteiger partial charge on any atom is -0.147 e. The van der Waals surface area contributed by atoms with Crippen LogP contribution in [0.3, 0.4) is 0 Å². The molecule has 0 radical (unpaired) electrons. The van der Waals surface area contributed by atoms with Gasteiger partial charge in [-0.15, -0.1) is 24.8 Å². The third kappa shape index (κ3) is 6.91. The molecule has 5 rings (SSSR count). The molecule has 3 aliphatic rings. The van der Waals surface area contributed by atoms with E-state index in [0.717, 1.165) is 0 Å². The van der Waals surface area contributed by atoms with Crippen LogP contribution in [0, 0.1) is 0 Å². The van der Waals surface area contributed by atoms with Gasteiger partial charge in [0.1, 0.15) is 0 Å². The van der Waals surface area contributed by atoms with E-state index in [2.05, 4.69) is 101 Å². The van der Waals surface area contributed by atoms with Gasteiger partial charge in [0, 0.05) is 0 Å². The van der Waals surface area contributed by atoms with Crippen LogP contribution >= 0.6 is 24.8 Å². The monoisotopic (exact) mass is 680 g/mol. The van der Waals surface area contributed by atoms with Gasteiger partial charge in [-0.3, -0.25) is 0 Å². The molecule has 39 heavy (non-hydrogen) atoms. The molecule has 2 unspecified atom stereocenters. The number of rotatable bonds is 12. The van der Waals surface area contributed by atoms with Gasteiger partial charge in [0.25, 0.3) is 0 Å². The molecule has 1 fully saturated rings. The number of allylic oxidation sites excluding steroid dienone is 2. The molecule has 7 heteroatoms. The summed E-state index contributed by atoms with van der Waals surface area (Å²) in [5.74, 6) is 2.65. The van der Waals surface area contributed by atoms with Gasteiger partial charge in [0.15, 0.2) is 0 Å². The zero-order chi connectivity index (χ0) is 26.3. The van der Waals surface area contributed by atoms with Crippen molar-refractivity contribution in [3.63, 3.8) is 0 Å². The molecule has 0 bridgehead atoms. The van der Waals surface area contributed by atoms with Crippen molar-refractivity contribution in [2.75, 3.05) is 0 Å². The van der Waals surface area contributed by atoms with E-state index in [1.54, 1.807) is 11.1 Å². The second kappa shape index (κ2) is 13.2. The summed E-state index contributed by atoms with van der Waals surface area (Å²) in [5.41, 5.74) is 5.91. The number of fused-ring (bicyclic) bond motifs is 2. The molecule has 2 atom stereocenters. The van der Waals surface area contributed by atoms with Crippen LogP contribution in [0.15, 0.2) is 60.0 Å². The Bertz CT molecular complexity index is 1120. The molecule has 2 aromatic rings. The Morgan fingerprint density at radius 2 is 1.05 bits per heavy atom. The van der Waals surface area contributed by atoms with Crippen LogP contribution in [0.1, 0.15) is 69.0 Å². The Kier molecular flexibility index (Phi) is 11.1. The molecule has 0 aromatic heterocycles. The summed E-state index contributed by atoms with van der Waals surface area (Å²) in [6.07, 6.45) is 9.90. The zero-order valence-electron chi connectivity index (χ0n) is 24.7. The normalized spacial score (nSPS) is 20.6. The maximum absolute atomic E-state index is 7.16. The van der Waals surface area contributed by atoms with Gasteiger partial charge < -0.3 is 0 Å². The van der Waals surface area contributed by atoms with Crippen molar-refractivity contribution in [3.8, 4) is 0 Å². The first kappa shape index (κ1) is 32.9. The Morgan fingerprint density at radius 3 is 1.41 bits per heavy atom. The summed E-state index contributed by atoms with van der Waals surface area (Å²) in [6, 6.07) is 20.8. The van der Waals surface area contributed by atoms with Crippen molar-refractivity contribution in [2.24, 2.45) is 0 Å². The van der Waals surface area contributed by atoms with Gasteiger partial charge in [-0.1, -0.05) is 0 Å². The Hall–Kier alpha value is -0.583. The van der Waals surface area contributed by atoms with Crippen molar-refractivity contribution >= 4 is 53.6 Å². The van der Waals surface area contributed by atoms with E-state index < -0.39 is 36.9 Å². The van der Waals surface area contributed by atoms with Gasteiger partial charge in [0.2, 0.25) is 0 Å². The van der Waals surface area contributed by atoms with E-state index in [4.69, 9.17) is 8.85 Å². The van der Waals surface area contributed by atoms with Crippen LogP contribution in [0.25, 0.3) is 12.2 Å². The molecule has 214 valence electrons. The fraction of sp³-hybridized carbons (Fsp3) is 0.500. The first-order valence-electron chi connectivity index (χ1n) is 14.7. The summed E-state index contributed by atoms with van der Waals surface area (Å²) in [7, 11) is -3.55. The van der Waals surface area contributed by atoms with E-state index in [0.29, 0.717) is 7.25 Å². The zero-order valence-corrected chi connectivity index (χ0v) is 30.8. The molecular formula is C32H48Cl2O2Si2Zr. The number of hydrogen-bond acceptors (Lipinski definition) is 2. The summed E-state index contributed by atoms with van der Waals surface area (Å²) in [5, 5.41) is 0. The predicted molar refractivity (Wildman–Crippen MR) is 175 cm³/mol. The minimum atomic E-state index is -2.82. The molecule has 1 aliphatic heterocycles. The Morgan fingerprint density at radius 1 is 0.667 bits per heavy atom. The number of benzene rings is 2. The summed E-state index contributed by atoms with van der Waals surface area (Å²) < 4.78 is 18.2. The van der Waals surface area contributed by atoms with Crippen LogP contribution < -0.4 is 0 Å². The largest absolute Gasteiger partial charge is 0.147 e. The maximum Gasteiger partial charge on any atom is -0.147 e. The average Bonchev–Trinajstić information content (AvgIpc) is 3.42. The first-order chi connectivity index (χ1) is 17.7. The molecule has 2 aliphatic carbocycles. The summed E-state index contributed by atoms with van der Waals surface area (Å²) in [6.45, 7) is 14.3. The fourth-order valence-electron chi connectivity index (χ4n) is 6.79. The van der Waals surface area contributed by atoms with E-state index >= 15 is 0 Å². The van der Waals surface area contributed by atoms with Crippen molar-refractivity contribution < 1.29 is 29.1 Å². The van der Waals surface area contributed by atoms with Gasteiger partial charge >= 0.3 is 234 Å². The fourth-order valence-corrected chi connectivity index (χ4v) is 28.0. The smallest absolute Gasteiger partial charge is 0.147 e.